The molecule has 0 aromatic heterocycles. The SMILES string of the molecule is O=C(NCc1ccccc1)[C@@H]1[C@@H](C(=O)[O-])[C@H]2C=C[C@@H]1O2. The summed E-state index contributed by atoms with van der Waals surface area (Å²) in [5.41, 5.74) is 0.963. The highest BCUT2D eigenvalue weighted by Crippen LogP contribution is 2.38. The Hall–Kier alpha value is -2.14. The van der Waals surface area contributed by atoms with Crippen molar-refractivity contribution in [2.45, 2.75) is 18.8 Å². The van der Waals surface area contributed by atoms with Crippen molar-refractivity contribution >= 4 is 11.9 Å². The van der Waals surface area contributed by atoms with E-state index >= 15 is 0 Å². The Morgan fingerprint density at radius 2 is 1.75 bits per heavy atom. The molecule has 0 spiro atoms. The number of nitrogens with one attached hydrogen (secondary N) is 1. The normalized spacial score (nSPS) is 30.4. The Bertz CT molecular complexity index is 554. The van der Waals surface area contributed by atoms with Gasteiger partial charge in [0, 0.05) is 18.4 Å². The third-order valence-corrected chi connectivity index (χ3v) is 3.78. The molecule has 4 atom stereocenters. The van der Waals surface area contributed by atoms with Crippen LogP contribution in [0, 0.1) is 11.8 Å². The molecule has 3 rings (SSSR count). The second kappa shape index (κ2) is 5.09. The molecule has 20 heavy (non-hydrogen) atoms. The van der Waals surface area contributed by atoms with Gasteiger partial charge in [0.25, 0.3) is 0 Å². The van der Waals surface area contributed by atoms with Gasteiger partial charge in [0.2, 0.25) is 5.91 Å². The number of carbonyl (C=O) groups is 2. The van der Waals surface area contributed by atoms with Gasteiger partial charge in [-0.3, -0.25) is 4.79 Å². The fourth-order valence-corrected chi connectivity index (χ4v) is 2.80. The molecule has 5 heteroatoms. The zero-order valence-electron chi connectivity index (χ0n) is 10.7. The van der Waals surface area contributed by atoms with Crippen molar-refractivity contribution in [3.8, 4) is 0 Å². The molecule has 1 aromatic carbocycles. The van der Waals surface area contributed by atoms with E-state index in [0.29, 0.717) is 6.54 Å². The number of rotatable bonds is 4. The summed E-state index contributed by atoms with van der Waals surface area (Å²) in [5.74, 6) is -3.15. The lowest BCUT2D eigenvalue weighted by Gasteiger charge is -2.24. The summed E-state index contributed by atoms with van der Waals surface area (Å²) < 4.78 is 5.44. The fourth-order valence-electron chi connectivity index (χ4n) is 2.80. The predicted molar refractivity (Wildman–Crippen MR) is 68.1 cm³/mol. The highest BCUT2D eigenvalue weighted by atomic mass is 16.5. The highest BCUT2D eigenvalue weighted by molar-refractivity contribution is 5.86. The lowest BCUT2D eigenvalue weighted by molar-refractivity contribution is -0.313. The summed E-state index contributed by atoms with van der Waals surface area (Å²) in [6, 6.07) is 9.46. The number of aliphatic carboxylic acids is 1. The van der Waals surface area contributed by atoms with Crippen LogP contribution in [0.3, 0.4) is 0 Å². The van der Waals surface area contributed by atoms with Gasteiger partial charge in [0.05, 0.1) is 18.1 Å². The van der Waals surface area contributed by atoms with Gasteiger partial charge < -0.3 is 20.0 Å². The second-order valence-corrected chi connectivity index (χ2v) is 5.02. The molecule has 1 fully saturated rings. The van der Waals surface area contributed by atoms with Crippen LogP contribution in [0.4, 0.5) is 0 Å². The number of benzene rings is 1. The summed E-state index contributed by atoms with van der Waals surface area (Å²) in [4.78, 5) is 23.4. The fraction of sp³-hybridized carbons (Fsp3) is 0.333. The van der Waals surface area contributed by atoms with Crippen LogP contribution in [0.5, 0.6) is 0 Å². The van der Waals surface area contributed by atoms with E-state index in [9.17, 15) is 14.7 Å². The molecule has 0 unspecified atom stereocenters. The second-order valence-electron chi connectivity index (χ2n) is 5.02. The maximum atomic E-state index is 12.2. The molecule has 2 heterocycles. The summed E-state index contributed by atoms with van der Waals surface area (Å²) in [5, 5.41) is 13.9. The topological polar surface area (TPSA) is 78.5 Å². The molecule has 1 N–H and O–H groups in total. The van der Waals surface area contributed by atoms with Gasteiger partial charge in [-0.15, -0.1) is 0 Å². The van der Waals surface area contributed by atoms with Gasteiger partial charge in [0.15, 0.2) is 0 Å². The van der Waals surface area contributed by atoms with E-state index < -0.39 is 30.0 Å². The number of hydrogen-bond donors (Lipinski definition) is 1. The van der Waals surface area contributed by atoms with Crippen LogP contribution in [0.15, 0.2) is 42.5 Å². The molecule has 1 saturated heterocycles. The average molecular weight is 272 g/mol. The van der Waals surface area contributed by atoms with Gasteiger partial charge in [-0.25, -0.2) is 0 Å². The Balaban J connectivity index is 1.68. The van der Waals surface area contributed by atoms with Crippen molar-refractivity contribution in [3.05, 3.63) is 48.0 Å². The first-order valence-electron chi connectivity index (χ1n) is 6.53. The van der Waals surface area contributed by atoms with E-state index in [1.54, 1.807) is 12.2 Å². The summed E-state index contributed by atoms with van der Waals surface area (Å²) >= 11 is 0. The molecule has 2 bridgehead atoms. The maximum Gasteiger partial charge on any atom is 0.227 e. The van der Waals surface area contributed by atoms with Gasteiger partial charge >= 0.3 is 0 Å². The van der Waals surface area contributed by atoms with Gasteiger partial charge in [-0.05, 0) is 5.56 Å². The molecule has 0 saturated carbocycles. The summed E-state index contributed by atoms with van der Waals surface area (Å²) in [6.07, 6.45) is 2.43. The summed E-state index contributed by atoms with van der Waals surface area (Å²) in [7, 11) is 0. The zero-order chi connectivity index (χ0) is 14.1. The number of carboxylic acids is 1. The largest absolute Gasteiger partial charge is 0.550 e. The third-order valence-electron chi connectivity index (χ3n) is 3.78. The molecule has 1 amide bonds. The van der Waals surface area contributed by atoms with Crippen LogP contribution in [0.2, 0.25) is 0 Å². The van der Waals surface area contributed by atoms with Crippen LogP contribution >= 0.6 is 0 Å². The van der Waals surface area contributed by atoms with Crippen molar-refractivity contribution in [2.75, 3.05) is 0 Å². The van der Waals surface area contributed by atoms with Gasteiger partial charge in [0.1, 0.15) is 0 Å². The Morgan fingerprint density at radius 3 is 2.40 bits per heavy atom. The summed E-state index contributed by atoms with van der Waals surface area (Å²) in [6.45, 7) is 0.372. The van der Waals surface area contributed by atoms with Crippen molar-refractivity contribution in [1.29, 1.82) is 0 Å². The monoisotopic (exact) mass is 272 g/mol. The first kappa shape index (κ1) is 12.9. The number of fused-ring (bicyclic) bond motifs is 2. The number of carbonyl (C=O) groups excluding carboxylic acids is 2. The number of hydrogen-bond acceptors (Lipinski definition) is 4. The first-order valence-corrected chi connectivity index (χ1v) is 6.53. The molecule has 2 aliphatic rings. The minimum absolute atomic E-state index is 0.306. The standard InChI is InChI=1S/C15H15NO4/c17-14(16-8-9-4-2-1-3-5-9)12-10-6-7-11(20-10)13(12)15(18)19/h1-7,10-13H,8H2,(H,16,17)(H,18,19)/p-1/t10-,11+,12-,13-/m0/s1. The molecule has 2 aliphatic heterocycles. The predicted octanol–water partition coefficient (Wildman–Crippen LogP) is -0.378. The van der Waals surface area contributed by atoms with Crippen LogP contribution in [-0.4, -0.2) is 24.1 Å². The van der Waals surface area contributed by atoms with Gasteiger partial charge in [-0.2, -0.15) is 0 Å². The Kier molecular flexibility index (Phi) is 3.28. The lowest BCUT2D eigenvalue weighted by atomic mass is 9.82. The smallest absolute Gasteiger partial charge is 0.227 e. The van der Waals surface area contributed by atoms with Crippen LogP contribution in [0.1, 0.15) is 5.56 Å². The van der Waals surface area contributed by atoms with E-state index in [1.165, 1.54) is 0 Å². The van der Waals surface area contributed by atoms with Crippen LogP contribution < -0.4 is 10.4 Å². The van der Waals surface area contributed by atoms with Crippen molar-refractivity contribution in [2.24, 2.45) is 11.8 Å². The first-order chi connectivity index (χ1) is 9.66. The lowest BCUT2D eigenvalue weighted by Crippen LogP contribution is -2.46. The number of amides is 1. The van der Waals surface area contributed by atoms with E-state index in [4.69, 9.17) is 4.74 Å². The van der Waals surface area contributed by atoms with E-state index in [2.05, 4.69) is 5.32 Å². The molecule has 5 nitrogen and oxygen atoms in total. The number of ether oxygens (including phenoxy) is 1. The zero-order valence-corrected chi connectivity index (χ0v) is 10.7. The molecular formula is C15H14NO4-. The molecule has 104 valence electrons. The Labute approximate surface area is 116 Å². The van der Waals surface area contributed by atoms with E-state index in [1.807, 2.05) is 30.3 Å². The van der Waals surface area contributed by atoms with Crippen molar-refractivity contribution in [1.82, 2.24) is 5.32 Å². The highest BCUT2D eigenvalue weighted by Gasteiger charge is 2.50. The third kappa shape index (κ3) is 2.20. The molecular weight excluding hydrogens is 258 g/mol. The van der Waals surface area contributed by atoms with Crippen LogP contribution in [0.25, 0.3) is 0 Å². The van der Waals surface area contributed by atoms with E-state index in [-0.39, 0.29) is 5.91 Å². The van der Waals surface area contributed by atoms with Crippen LogP contribution in [-0.2, 0) is 20.9 Å². The van der Waals surface area contributed by atoms with Gasteiger partial charge in [-0.1, -0.05) is 42.5 Å². The van der Waals surface area contributed by atoms with Crippen molar-refractivity contribution in [3.63, 3.8) is 0 Å². The molecule has 1 aromatic rings. The van der Waals surface area contributed by atoms with E-state index in [0.717, 1.165) is 5.56 Å². The average Bonchev–Trinajstić information content (AvgIpc) is 3.06. The quantitative estimate of drug-likeness (QED) is 0.758. The number of carboxylic acid groups (broad SMARTS) is 1. The minimum Gasteiger partial charge on any atom is -0.550 e. The molecule has 0 radical (unpaired) electrons. The maximum absolute atomic E-state index is 12.2. The minimum atomic E-state index is -1.23. The van der Waals surface area contributed by atoms with Crippen molar-refractivity contribution < 1.29 is 19.4 Å². The Morgan fingerprint density at radius 1 is 1.10 bits per heavy atom. The molecule has 0 aliphatic carbocycles.